The van der Waals surface area contributed by atoms with Crippen LogP contribution in [0.4, 0.5) is 27.8 Å². The van der Waals surface area contributed by atoms with Crippen LogP contribution in [0.3, 0.4) is 0 Å². The van der Waals surface area contributed by atoms with Gasteiger partial charge >= 0.3 is 6.18 Å². The Labute approximate surface area is 156 Å². The van der Waals surface area contributed by atoms with E-state index in [0.717, 1.165) is 33.7 Å². The second kappa shape index (κ2) is 7.06. The van der Waals surface area contributed by atoms with Gasteiger partial charge in [-0.1, -0.05) is 0 Å². The fraction of sp³-hybridized carbons (Fsp3) is 0.158. The molecule has 0 spiro atoms. The minimum atomic E-state index is -4.83. The third-order valence-corrected chi connectivity index (χ3v) is 4.15. The lowest BCUT2D eigenvalue weighted by Crippen LogP contribution is -2.30. The van der Waals surface area contributed by atoms with Crippen molar-refractivity contribution in [2.75, 3.05) is 11.9 Å². The number of carbonyl (C=O) groups excluding carboxylic acids is 1. The number of benzene rings is 2. The lowest BCUT2D eigenvalue weighted by Gasteiger charge is -2.20. The molecule has 0 saturated carbocycles. The summed E-state index contributed by atoms with van der Waals surface area (Å²) in [4.78, 5) is 17.1. The van der Waals surface area contributed by atoms with Crippen LogP contribution in [-0.4, -0.2) is 22.5 Å². The number of rotatable bonds is 3. The van der Waals surface area contributed by atoms with Gasteiger partial charge in [-0.15, -0.1) is 0 Å². The van der Waals surface area contributed by atoms with Gasteiger partial charge in [0, 0.05) is 25.2 Å². The van der Waals surface area contributed by atoms with Gasteiger partial charge in [0.2, 0.25) is 0 Å². The molecule has 0 fully saturated rings. The topological polar surface area (TPSA) is 38.1 Å². The first-order valence-electron chi connectivity index (χ1n) is 8.03. The third-order valence-electron chi connectivity index (χ3n) is 4.15. The number of amides is 1. The third kappa shape index (κ3) is 3.60. The van der Waals surface area contributed by atoms with Crippen LogP contribution in [0, 0.1) is 11.6 Å². The summed E-state index contributed by atoms with van der Waals surface area (Å²) >= 11 is 0. The first kappa shape index (κ1) is 19.5. The van der Waals surface area contributed by atoms with Gasteiger partial charge in [0.25, 0.3) is 5.91 Å². The maximum atomic E-state index is 13.6. The van der Waals surface area contributed by atoms with Gasteiger partial charge in [-0.05, 0) is 48.5 Å². The van der Waals surface area contributed by atoms with Crippen LogP contribution in [0.1, 0.15) is 16.1 Å². The predicted molar refractivity (Wildman–Crippen MR) is 92.7 cm³/mol. The zero-order valence-corrected chi connectivity index (χ0v) is 14.8. The van der Waals surface area contributed by atoms with Gasteiger partial charge in [-0.2, -0.15) is 13.2 Å². The number of nitrogens with zero attached hydrogens (tertiary/aromatic N) is 3. The molecule has 28 heavy (non-hydrogen) atoms. The molecule has 9 heteroatoms. The van der Waals surface area contributed by atoms with Crippen molar-refractivity contribution in [2.24, 2.45) is 7.05 Å². The summed E-state index contributed by atoms with van der Waals surface area (Å²) in [5, 5.41) is 0. The van der Waals surface area contributed by atoms with Crippen molar-refractivity contribution in [3.63, 3.8) is 0 Å². The normalized spacial score (nSPS) is 11.5. The zero-order valence-electron chi connectivity index (χ0n) is 14.8. The smallest absolute Gasteiger partial charge is 0.313 e. The van der Waals surface area contributed by atoms with Crippen LogP contribution in [-0.2, 0) is 13.2 Å². The summed E-state index contributed by atoms with van der Waals surface area (Å²) in [5.74, 6) is -2.45. The Morgan fingerprint density at radius 3 is 1.96 bits per heavy atom. The van der Waals surface area contributed by atoms with Gasteiger partial charge in [-0.3, -0.25) is 9.69 Å². The highest BCUT2D eigenvalue weighted by Gasteiger charge is 2.41. The average molecular weight is 395 g/mol. The molecule has 0 bridgehead atoms. The van der Waals surface area contributed by atoms with E-state index in [9.17, 15) is 26.7 Å². The predicted octanol–water partition coefficient (Wildman–Crippen LogP) is 4.66. The lowest BCUT2D eigenvalue weighted by atomic mass is 10.2. The number of aromatic nitrogens is 2. The van der Waals surface area contributed by atoms with E-state index in [1.807, 2.05) is 0 Å². The van der Waals surface area contributed by atoms with Gasteiger partial charge in [-0.25, -0.2) is 13.8 Å². The Balaban J connectivity index is 2.11. The van der Waals surface area contributed by atoms with Crippen LogP contribution in [0.15, 0.2) is 48.5 Å². The van der Waals surface area contributed by atoms with Crippen molar-refractivity contribution >= 4 is 11.7 Å². The van der Waals surface area contributed by atoms with E-state index in [-0.39, 0.29) is 17.0 Å². The van der Waals surface area contributed by atoms with E-state index in [0.29, 0.717) is 0 Å². The van der Waals surface area contributed by atoms with Crippen molar-refractivity contribution in [2.45, 2.75) is 6.18 Å². The van der Waals surface area contributed by atoms with Crippen LogP contribution < -0.4 is 4.90 Å². The molecule has 146 valence electrons. The molecule has 2 aromatic carbocycles. The maximum absolute atomic E-state index is 13.6. The fourth-order valence-corrected chi connectivity index (χ4v) is 2.80. The molecule has 3 aromatic rings. The Morgan fingerprint density at radius 2 is 1.46 bits per heavy atom. The molecule has 0 atom stereocenters. The fourth-order valence-electron chi connectivity index (χ4n) is 2.80. The molecule has 0 aliphatic heterocycles. The Kier molecular flexibility index (Phi) is 4.93. The Bertz CT molecular complexity index is 1010. The number of carbonyl (C=O) groups is 1. The summed E-state index contributed by atoms with van der Waals surface area (Å²) < 4.78 is 68.0. The number of imidazole rings is 1. The van der Waals surface area contributed by atoms with Crippen molar-refractivity contribution in [1.29, 1.82) is 0 Å². The standard InChI is InChI=1S/C19H14F5N3O/c1-26-16(11-3-7-13(20)8-4-11)25-15(19(22,23)24)17(26)27(2)18(28)12-5-9-14(21)10-6-12/h3-10H,1-2H3. The SMILES string of the molecule is CN(C(=O)c1ccc(F)cc1)c1c(C(F)(F)F)nc(-c2ccc(F)cc2)n1C. The largest absolute Gasteiger partial charge is 0.437 e. The van der Waals surface area contributed by atoms with Crippen LogP contribution in [0.25, 0.3) is 11.4 Å². The van der Waals surface area contributed by atoms with Crippen LogP contribution >= 0.6 is 0 Å². The molecule has 0 saturated heterocycles. The molecule has 0 aliphatic rings. The lowest BCUT2D eigenvalue weighted by molar-refractivity contribution is -0.140. The molecule has 0 unspecified atom stereocenters. The highest BCUT2D eigenvalue weighted by atomic mass is 19.4. The summed E-state index contributed by atoms with van der Waals surface area (Å²) in [6.45, 7) is 0. The summed E-state index contributed by atoms with van der Waals surface area (Å²) in [7, 11) is 2.50. The number of hydrogen-bond acceptors (Lipinski definition) is 2. The molecule has 3 rings (SSSR count). The van der Waals surface area contributed by atoms with Crippen molar-refractivity contribution in [3.05, 3.63) is 71.4 Å². The monoisotopic (exact) mass is 395 g/mol. The van der Waals surface area contributed by atoms with Crippen molar-refractivity contribution in [3.8, 4) is 11.4 Å². The van der Waals surface area contributed by atoms with Crippen LogP contribution in [0.5, 0.6) is 0 Å². The van der Waals surface area contributed by atoms with E-state index < -0.39 is 35.2 Å². The van der Waals surface area contributed by atoms with E-state index in [1.54, 1.807) is 0 Å². The molecule has 0 aliphatic carbocycles. The molecule has 1 aromatic heterocycles. The van der Waals surface area contributed by atoms with Gasteiger partial charge < -0.3 is 4.57 Å². The Hall–Kier alpha value is -3.23. The van der Waals surface area contributed by atoms with E-state index in [2.05, 4.69) is 4.98 Å². The number of anilines is 1. The molecule has 1 amide bonds. The van der Waals surface area contributed by atoms with Crippen molar-refractivity contribution in [1.82, 2.24) is 9.55 Å². The van der Waals surface area contributed by atoms with Crippen molar-refractivity contribution < 1.29 is 26.7 Å². The second-order valence-electron chi connectivity index (χ2n) is 6.04. The Morgan fingerprint density at radius 1 is 0.964 bits per heavy atom. The number of hydrogen-bond donors (Lipinski definition) is 0. The number of halogens is 5. The number of alkyl halides is 3. The average Bonchev–Trinajstić information content (AvgIpc) is 2.99. The van der Waals surface area contributed by atoms with Gasteiger partial charge in [0.1, 0.15) is 23.3 Å². The van der Waals surface area contributed by atoms with E-state index >= 15 is 0 Å². The van der Waals surface area contributed by atoms with E-state index in [1.165, 1.54) is 38.4 Å². The molecule has 0 radical (unpaired) electrons. The minimum Gasteiger partial charge on any atom is -0.313 e. The molecular weight excluding hydrogens is 381 g/mol. The van der Waals surface area contributed by atoms with E-state index in [4.69, 9.17) is 0 Å². The van der Waals surface area contributed by atoms with Crippen LogP contribution in [0.2, 0.25) is 0 Å². The first-order chi connectivity index (χ1) is 13.1. The molecule has 4 nitrogen and oxygen atoms in total. The molecule has 1 heterocycles. The molecular formula is C19H14F5N3O. The van der Waals surface area contributed by atoms with Gasteiger partial charge in [0.05, 0.1) is 0 Å². The highest BCUT2D eigenvalue weighted by molar-refractivity contribution is 6.05. The van der Waals surface area contributed by atoms with Gasteiger partial charge in [0.15, 0.2) is 5.69 Å². The second-order valence-corrected chi connectivity index (χ2v) is 6.04. The highest BCUT2D eigenvalue weighted by Crippen LogP contribution is 2.38. The summed E-state index contributed by atoms with van der Waals surface area (Å²) in [5.41, 5.74) is -0.989. The summed E-state index contributed by atoms with van der Waals surface area (Å²) in [6, 6.07) is 9.23. The maximum Gasteiger partial charge on any atom is 0.437 e. The minimum absolute atomic E-state index is 0.0153. The first-order valence-corrected chi connectivity index (χ1v) is 8.03. The summed E-state index contributed by atoms with van der Waals surface area (Å²) in [6.07, 6.45) is -4.83. The quantitative estimate of drug-likeness (QED) is 0.605. The molecule has 0 N–H and O–H groups in total. The zero-order chi connectivity index (χ0) is 20.6.